The van der Waals surface area contributed by atoms with Gasteiger partial charge in [0.15, 0.2) is 11.6 Å². The van der Waals surface area contributed by atoms with Gasteiger partial charge >= 0.3 is 5.97 Å². The summed E-state index contributed by atoms with van der Waals surface area (Å²) in [7, 11) is 1.13. The van der Waals surface area contributed by atoms with Gasteiger partial charge in [0.05, 0.1) is 12.7 Å². The minimum absolute atomic E-state index is 0.0993. The monoisotopic (exact) mass is 374 g/mol. The largest absolute Gasteiger partial charge is 0.463 e. The van der Waals surface area contributed by atoms with E-state index in [4.69, 9.17) is 0 Å². The molecule has 1 saturated carbocycles. The van der Waals surface area contributed by atoms with Crippen molar-refractivity contribution in [2.45, 2.75) is 25.8 Å². The van der Waals surface area contributed by atoms with Crippen LogP contribution in [0, 0.1) is 24.5 Å². The Hall–Kier alpha value is -3.03. The van der Waals surface area contributed by atoms with E-state index in [9.17, 15) is 23.2 Å². The maximum Gasteiger partial charge on any atom is 0.381 e. The van der Waals surface area contributed by atoms with E-state index >= 15 is 0 Å². The van der Waals surface area contributed by atoms with Crippen molar-refractivity contribution in [3.63, 3.8) is 0 Å². The Morgan fingerprint density at radius 3 is 2.63 bits per heavy atom. The third-order valence-corrected chi connectivity index (χ3v) is 5.21. The first-order valence-electron chi connectivity index (χ1n) is 8.46. The first-order valence-corrected chi connectivity index (χ1v) is 8.46. The molecule has 2 heterocycles. The van der Waals surface area contributed by atoms with Gasteiger partial charge in [-0.3, -0.25) is 9.59 Å². The molecule has 2 aliphatic rings. The lowest BCUT2D eigenvalue weighted by Gasteiger charge is -2.08. The summed E-state index contributed by atoms with van der Waals surface area (Å²) in [5, 5.41) is 2.54. The van der Waals surface area contributed by atoms with Crippen molar-refractivity contribution in [2.24, 2.45) is 5.92 Å². The molecule has 1 aromatic heterocycles. The van der Waals surface area contributed by atoms with Crippen LogP contribution in [0.4, 0.5) is 14.5 Å². The van der Waals surface area contributed by atoms with Crippen LogP contribution in [0.5, 0.6) is 0 Å². The maximum absolute atomic E-state index is 13.4. The van der Waals surface area contributed by atoms with Crippen LogP contribution in [-0.4, -0.2) is 29.3 Å². The molecule has 1 amide bonds. The fourth-order valence-electron chi connectivity index (χ4n) is 3.89. The number of ether oxygens (including phenoxy) is 1. The van der Waals surface area contributed by atoms with Gasteiger partial charge in [-0.05, 0) is 43.4 Å². The molecule has 27 heavy (non-hydrogen) atoms. The highest BCUT2D eigenvalue weighted by Crippen LogP contribution is 2.54. The van der Waals surface area contributed by atoms with Crippen LogP contribution < -0.4 is 5.32 Å². The Kier molecular flexibility index (Phi) is 3.87. The SMILES string of the molecule is COC(=O)C(=O)c1c(C)c(C(=O)Nc2ccc(F)c(F)c2)c2n1[C@@H]1C[C@@H]1C2. The average molecular weight is 374 g/mol. The third-order valence-electron chi connectivity index (χ3n) is 5.21. The Bertz CT molecular complexity index is 1010. The molecule has 0 saturated heterocycles. The van der Waals surface area contributed by atoms with E-state index in [1.165, 1.54) is 6.07 Å². The summed E-state index contributed by atoms with van der Waals surface area (Å²) in [6.07, 6.45) is 1.52. The quantitative estimate of drug-likeness (QED) is 0.507. The lowest BCUT2D eigenvalue weighted by Crippen LogP contribution is -2.20. The number of esters is 1. The van der Waals surface area contributed by atoms with Gasteiger partial charge in [-0.1, -0.05) is 0 Å². The predicted octanol–water partition coefficient (Wildman–Crippen LogP) is 2.80. The number of fused-ring (bicyclic) bond motifs is 3. The second kappa shape index (κ2) is 6.00. The van der Waals surface area contributed by atoms with Gasteiger partial charge in [-0.15, -0.1) is 0 Å². The maximum atomic E-state index is 13.4. The minimum atomic E-state index is -1.07. The summed E-state index contributed by atoms with van der Waals surface area (Å²) in [5.74, 6) is -4.06. The van der Waals surface area contributed by atoms with Crippen LogP contribution in [0.2, 0.25) is 0 Å². The Morgan fingerprint density at radius 2 is 1.96 bits per heavy atom. The fourth-order valence-corrected chi connectivity index (χ4v) is 3.89. The number of carbonyl (C=O) groups excluding carboxylic acids is 3. The van der Waals surface area contributed by atoms with E-state index in [-0.39, 0.29) is 17.4 Å². The topological polar surface area (TPSA) is 77.4 Å². The van der Waals surface area contributed by atoms with E-state index in [1.807, 2.05) is 0 Å². The lowest BCUT2D eigenvalue weighted by molar-refractivity contribution is -0.135. The summed E-state index contributed by atoms with van der Waals surface area (Å²) in [5.41, 5.74) is 1.62. The molecule has 1 fully saturated rings. The van der Waals surface area contributed by atoms with Crippen molar-refractivity contribution in [2.75, 3.05) is 12.4 Å². The number of Topliss-reactive ketones (excluding diaryl/α,β-unsaturated/α-hetero) is 1. The predicted molar refractivity (Wildman–Crippen MR) is 90.7 cm³/mol. The zero-order valence-electron chi connectivity index (χ0n) is 14.6. The molecule has 2 aromatic rings. The van der Waals surface area contributed by atoms with Crippen molar-refractivity contribution >= 4 is 23.3 Å². The first-order chi connectivity index (χ1) is 12.8. The summed E-state index contributed by atoms with van der Waals surface area (Å²) >= 11 is 0. The molecule has 8 heteroatoms. The van der Waals surface area contributed by atoms with Crippen LogP contribution in [0.25, 0.3) is 0 Å². The number of hydrogen-bond acceptors (Lipinski definition) is 4. The molecule has 1 aliphatic carbocycles. The van der Waals surface area contributed by atoms with Gasteiger partial charge in [0.25, 0.3) is 11.7 Å². The van der Waals surface area contributed by atoms with Gasteiger partial charge in [0.2, 0.25) is 0 Å². The van der Waals surface area contributed by atoms with Gasteiger partial charge in [0, 0.05) is 23.5 Å². The molecule has 1 aromatic carbocycles. The third kappa shape index (κ3) is 2.63. The number of anilines is 1. The first kappa shape index (κ1) is 17.4. The van der Waals surface area contributed by atoms with E-state index in [0.717, 1.165) is 25.7 Å². The number of ketones is 1. The standard InChI is InChI=1S/C19H16F2N2O4/c1-8-15(18(25)22-10-3-4-11(20)12(21)7-10)14-6-9-5-13(9)23(14)16(8)17(24)19(26)27-2/h3-4,7,9,13H,5-6H2,1-2H3,(H,22,25)/t9-,13-/m1/s1. The number of aromatic nitrogens is 1. The lowest BCUT2D eigenvalue weighted by atomic mass is 10.0. The molecule has 2 atom stereocenters. The number of benzene rings is 1. The fraction of sp³-hybridized carbons (Fsp3) is 0.316. The van der Waals surface area contributed by atoms with Crippen molar-refractivity contribution in [3.05, 3.63) is 52.3 Å². The van der Waals surface area contributed by atoms with Crippen LogP contribution >= 0.6 is 0 Å². The molecule has 4 rings (SSSR count). The highest BCUT2D eigenvalue weighted by molar-refractivity contribution is 6.41. The Balaban J connectivity index is 1.74. The van der Waals surface area contributed by atoms with Crippen molar-refractivity contribution in [3.8, 4) is 0 Å². The molecule has 6 nitrogen and oxygen atoms in total. The molecular formula is C19H16F2N2O4. The Morgan fingerprint density at radius 1 is 1.22 bits per heavy atom. The average Bonchev–Trinajstić information content (AvgIpc) is 3.21. The molecule has 140 valence electrons. The van der Waals surface area contributed by atoms with Gasteiger partial charge in [-0.2, -0.15) is 0 Å². The van der Waals surface area contributed by atoms with E-state index in [0.29, 0.717) is 29.2 Å². The van der Waals surface area contributed by atoms with Gasteiger partial charge < -0.3 is 14.6 Å². The summed E-state index contributed by atoms with van der Waals surface area (Å²) < 4.78 is 32.8. The number of rotatable bonds is 4. The molecule has 1 N–H and O–H groups in total. The van der Waals surface area contributed by atoms with Crippen molar-refractivity contribution < 1.29 is 27.9 Å². The zero-order chi connectivity index (χ0) is 19.5. The number of nitrogens with one attached hydrogen (secondary N) is 1. The molecular weight excluding hydrogens is 358 g/mol. The highest BCUT2D eigenvalue weighted by Gasteiger charge is 2.50. The smallest absolute Gasteiger partial charge is 0.381 e. The second-order valence-electron chi connectivity index (χ2n) is 6.84. The molecule has 1 aliphatic heterocycles. The van der Waals surface area contributed by atoms with Gasteiger partial charge in [0.1, 0.15) is 5.69 Å². The zero-order valence-corrected chi connectivity index (χ0v) is 14.6. The normalized spacial score (nSPS) is 19.3. The highest BCUT2D eigenvalue weighted by atomic mass is 19.2. The minimum Gasteiger partial charge on any atom is -0.463 e. The number of nitrogens with zero attached hydrogens (tertiary/aromatic N) is 1. The number of hydrogen-bond donors (Lipinski definition) is 1. The summed E-state index contributed by atoms with van der Waals surface area (Å²) in [4.78, 5) is 37.1. The van der Waals surface area contributed by atoms with E-state index in [1.54, 1.807) is 11.5 Å². The number of halogens is 2. The number of amides is 1. The van der Waals surface area contributed by atoms with Crippen LogP contribution in [0.1, 0.15) is 44.6 Å². The van der Waals surface area contributed by atoms with Crippen molar-refractivity contribution in [1.29, 1.82) is 0 Å². The van der Waals surface area contributed by atoms with Gasteiger partial charge in [-0.25, -0.2) is 13.6 Å². The molecule has 0 spiro atoms. The molecule has 0 bridgehead atoms. The van der Waals surface area contributed by atoms with E-state index < -0.39 is 29.3 Å². The van der Waals surface area contributed by atoms with Crippen molar-refractivity contribution in [1.82, 2.24) is 4.57 Å². The van der Waals surface area contributed by atoms with Crippen LogP contribution in [0.3, 0.4) is 0 Å². The van der Waals surface area contributed by atoms with Crippen LogP contribution in [-0.2, 0) is 16.0 Å². The van der Waals surface area contributed by atoms with Crippen LogP contribution in [0.15, 0.2) is 18.2 Å². The summed E-state index contributed by atoms with van der Waals surface area (Å²) in [6, 6.07) is 3.16. The molecule has 0 radical (unpaired) electrons. The number of methoxy groups -OCH3 is 1. The summed E-state index contributed by atoms with van der Waals surface area (Å²) in [6.45, 7) is 1.60. The number of carbonyl (C=O) groups is 3. The Labute approximate surface area is 153 Å². The van der Waals surface area contributed by atoms with E-state index in [2.05, 4.69) is 10.1 Å². The second-order valence-corrected chi connectivity index (χ2v) is 6.84. The molecule has 0 unspecified atom stereocenters.